The molecule has 1 fully saturated rings. The molecule has 9 nitrogen and oxygen atoms in total. The summed E-state index contributed by atoms with van der Waals surface area (Å²) < 4.78 is 22.7. The van der Waals surface area contributed by atoms with Gasteiger partial charge in [0.2, 0.25) is 17.5 Å². The van der Waals surface area contributed by atoms with Gasteiger partial charge >= 0.3 is 0 Å². The lowest BCUT2D eigenvalue weighted by Crippen LogP contribution is -2.34. The van der Waals surface area contributed by atoms with Crippen molar-refractivity contribution in [2.45, 2.75) is 32.2 Å². The van der Waals surface area contributed by atoms with Gasteiger partial charge < -0.3 is 4.52 Å². The average molecular weight is 474 g/mol. The summed E-state index contributed by atoms with van der Waals surface area (Å²) in [5, 5.41) is 13.5. The molecular weight excluding hydrogens is 449 g/mol. The molecule has 178 valence electrons. The molecule has 4 heterocycles. The van der Waals surface area contributed by atoms with Crippen molar-refractivity contribution < 1.29 is 8.91 Å². The van der Waals surface area contributed by atoms with E-state index in [0.717, 1.165) is 42.8 Å². The van der Waals surface area contributed by atoms with Crippen LogP contribution in [-0.4, -0.2) is 47.3 Å². The van der Waals surface area contributed by atoms with Gasteiger partial charge in [0.05, 0.1) is 23.4 Å². The van der Waals surface area contributed by atoms with Crippen molar-refractivity contribution in [1.82, 2.24) is 34.2 Å². The second-order valence-corrected chi connectivity index (χ2v) is 9.18. The average Bonchev–Trinajstić information content (AvgIpc) is 3.51. The predicted molar refractivity (Wildman–Crippen MR) is 127 cm³/mol. The van der Waals surface area contributed by atoms with E-state index in [2.05, 4.69) is 25.2 Å². The van der Waals surface area contributed by atoms with Crippen molar-refractivity contribution in [3.05, 3.63) is 75.9 Å². The van der Waals surface area contributed by atoms with Crippen molar-refractivity contribution in [2.24, 2.45) is 7.05 Å². The number of hydrogen-bond acceptors (Lipinski definition) is 7. The number of aryl methyl sites for hydroxylation is 2. The zero-order chi connectivity index (χ0) is 24.1. The first kappa shape index (κ1) is 21.6. The molecule has 0 amide bonds. The Kier molecular flexibility index (Phi) is 5.18. The van der Waals surface area contributed by atoms with E-state index in [-0.39, 0.29) is 17.3 Å². The third-order valence-corrected chi connectivity index (χ3v) is 6.69. The number of hydrogen-bond donors (Lipinski definition) is 0. The Morgan fingerprint density at radius 2 is 2.06 bits per heavy atom. The molecule has 0 N–H and O–H groups in total. The normalized spacial score (nSPS) is 16.9. The zero-order valence-corrected chi connectivity index (χ0v) is 19.5. The van der Waals surface area contributed by atoms with Crippen LogP contribution in [0.25, 0.3) is 28.1 Å². The Morgan fingerprint density at radius 1 is 1.17 bits per heavy atom. The van der Waals surface area contributed by atoms with Gasteiger partial charge in [0.1, 0.15) is 5.82 Å². The van der Waals surface area contributed by atoms with Crippen LogP contribution in [0, 0.1) is 12.7 Å². The van der Waals surface area contributed by atoms with E-state index in [1.54, 1.807) is 23.7 Å². The van der Waals surface area contributed by atoms with E-state index in [1.165, 1.54) is 12.1 Å². The summed E-state index contributed by atoms with van der Waals surface area (Å²) in [7, 11) is 1.72. The molecule has 1 unspecified atom stereocenters. The van der Waals surface area contributed by atoms with E-state index in [9.17, 15) is 9.18 Å². The summed E-state index contributed by atoms with van der Waals surface area (Å²) in [6.07, 6.45) is 1.90. The second-order valence-electron chi connectivity index (χ2n) is 9.18. The minimum atomic E-state index is -0.335. The Bertz CT molecular complexity index is 1620. The van der Waals surface area contributed by atoms with Crippen LogP contribution in [0.3, 0.4) is 0 Å². The quantitative estimate of drug-likeness (QED) is 0.395. The molecular formula is C25H24FN7O2. The van der Waals surface area contributed by atoms with Crippen LogP contribution in [0.1, 0.15) is 36.0 Å². The molecule has 1 atom stereocenters. The van der Waals surface area contributed by atoms with Crippen LogP contribution in [0.5, 0.6) is 0 Å². The van der Waals surface area contributed by atoms with Crippen LogP contribution >= 0.6 is 0 Å². The maximum absolute atomic E-state index is 13.6. The number of benzene rings is 2. The summed E-state index contributed by atoms with van der Waals surface area (Å²) in [5.41, 5.74) is 2.34. The third kappa shape index (κ3) is 3.79. The zero-order valence-electron chi connectivity index (χ0n) is 19.5. The number of halogens is 1. The van der Waals surface area contributed by atoms with Crippen LogP contribution in [0.4, 0.5) is 4.39 Å². The lowest BCUT2D eigenvalue weighted by Gasteiger charge is -2.30. The van der Waals surface area contributed by atoms with Gasteiger partial charge in [0, 0.05) is 19.2 Å². The van der Waals surface area contributed by atoms with Gasteiger partial charge in [0.15, 0.2) is 5.82 Å². The number of rotatable bonds is 4. The molecule has 35 heavy (non-hydrogen) atoms. The van der Waals surface area contributed by atoms with Gasteiger partial charge in [-0.15, -0.1) is 10.2 Å². The molecule has 0 spiro atoms. The van der Waals surface area contributed by atoms with Gasteiger partial charge in [-0.3, -0.25) is 18.7 Å². The number of fused-ring (bicyclic) bond motifs is 3. The summed E-state index contributed by atoms with van der Waals surface area (Å²) in [6.45, 7) is 4.17. The van der Waals surface area contributed by atoms with Gasteiger partial charge in [-0.25, -0.2) is 4.39 Å². The summed E-state index contributed by atoms with van der Waals surface area (Å²) in [6, 6.07) is 12.0. The molecule has 3 aromatic heterocycles. The maximum atomic E-state index is 13.6. The second kappa shape index (κ2) is 8.38. The van der Waals surface area contributed by atoms with E-state index in [0.29, 0.717) is 35.0 Å². The molecule has 10 heteroatoms. The van der Waals surface area contributed by atoms with Crippen molar-refractivity contribution in [2.75, 3.05) is 13.1 Å². The highest BCUT2D eigenvalue weighted by atomic mass is 19.1. The SMILES string of the molecule is Cc1ccc2c(c1)c(=O)n(C)c1nnc(CN3CCCC(c4nc(-c5cccc(F)c5)no4)C3)n21. The highest BCUT2D eigenvalue weighted by molar-refractivity contribution is 5.81. The molecule has 1 aliphatic heterocycles. The van der Waals surface area contributed by atoms with E-state index in [4.69, 9.17) is 4.52 Å². The van der Waals surface area contributed by atoms with Crippen molar-refractivity contribution in [3.8, 4) is 11.4 Å². The lowest BCUT2D eigenvalue weighted by molar-refractivity contribution is 0.176. The van der Waals surface area contributed by atoms with Crippen LogP contribution in [0.15, 0.2) is 51.8 Å². The van der Waals surface area contributed by atoms with Crippen LogP contribution < -0.4 is 5.56 Å². The van der Waals surface area contributed by atoms with Crippen molar-refractivity contribution >= 4 is 16.7 Å². The van der Waals surface area contributed by atoms with Crippen LogP contribution in [-0.2, 0) is 13.6 Å². The minimum Gasteiger partial charge on any atom is -0.339 e. The number of likely N-dealkylation sites (tertiary alicyclic amines) is 1. The fourth-order valence-electron chi connectivity index (χ4n) is 4.91. The Hall–Kier alpha value is -3.92. The molecule has 5 aromatic rings. The molecule has 0 aliphatic carbocycles. The largest absolute Gasteiger partial charge is 0.339 e. The fourth-order valence-corrected chi connectivity index (χ4v) is 4.91. The first-order chi connectivity index (χ1) is 17.0. The lowest BCUT2D eigenvalue weighted by atomic mass is 9.98. The summed E-state index contributed by atoms with van der Waals surface area (Å²) >= 11 is 0. The topological polar surface area (TPSA) is 94.4 Å². The Labute approximate surface area is 199 Å². The fraction of sp³-hybridized carbons (Fsp3) is 0.320. The molecule has 1 saturated heterocycles. The Balaban J connectivity index is 1.29. The standard InChI is InChI=1S/C25H24FN7O2/c1-15-8-9-20-19(11-15)24(34)31(2)25-29-28-21(33(20)25)14-32-10-4-6-17(13-32)23-27-22(30-35-23)16-5-3-7-18(26)12-16/h3,5,7-9,11-12,17H,4,6,10,13-14H2,1-2H3. The molecule has 0 saturated carbocycles. The van der Waals surface area contributed by atoms with Gasteiger partial charge in [-0.1, -0.05) is 28.9 Å². The summed E-state index contributed by atoms with van der Waals surface area (Å²) in [5.74, 6) is 1.98. The minimum absolute atomic E-state index is 0.0708. The molecule has 2 aromatic carbocycles. The van der Waals surface area contributed by atoms with E-state index >= 15 is 0 Å². The number of piperidine rings is 1. The predicted octanol–water partition coefficient (Wildman–Crippen LogP) is 3.46. The highest BCUT2D eigenvalue weighted by Gasteiger charge is 2.28. The van der Waals surface area contributed by atoms with Gasteiger partial charge in [-0.2, -0.15) is 4.98 Å². The highest BCUT2D eigenvalue weighted by Crippen LogP contribution is 2.29. The van der Waals surface area contributed by atoms with Crippen molar-refractivity contribution in [1.29, 1.82) is 0 Å². The van der Waals surface area contributed by atoms with Crippen molar-refractivity contribution in [3.63, 3.8) is 0 Å². The van der Waals surface area contributed by atoms with Gasteiger partial charge in [-0.05, 0) is 50.6 Å². The first-order valence-corrected chi connectivity index (χ1v) is 11.6. The molecule has 0 bridgehead atoms. The Morgan fingerprint density at radius 3 is 2.91 bits per heavy atom. The monoisotopic (exact) mass is 473 g/mol. The maximum Gasteiger partial charge on any atom is 0.262 e. The van der Waals surface area contributed by atoms with Crippen LogP contribution in [0.2, 0.25) is 0 Å². The van der Waals surface area contributed by atoms with E-state index in [1.807, 2.05) is 29.5 Å². The number of nitrogens with zero attached hydrogens (tertiary/aromatic N) is 7. The smallest absolute Gasteiger partial charge is 0.262 e. The van der Waals surface area contributed by atoms with E-state index < -0.39 is 0 Å². The van der Waals surface area contributed by atoms with Gasteiger partial charge in [0.25, 0.3) is 5.56 Å². The summed E-state index contributed by atoms with van der Waals surface area (Å²) in [4.78, 5) is 19.7. The first-order valence-electron chi connectivity index (χ1n) is 11.6. The molecule has 0 radical (unpaired) electrons. The third-order valence-electron chi connectivity index (χ3n) is 6.69. The number of aromatic nitrogens is 6. The molecule has 6 rings (SSSR count). The molecule has 1 aliphatic rings.